The van der Waals surface area contributed by atoms with Crippen LogP contribution in [-0.4, -0.2) is 44.0 Å². The molecule has 130 valence electrons. The molecular weight excluding hydrogens is 301 g/mol. The number of hydrogen-bond donors (Lipinski definition) is 0. The molecule has 1 aliphatic rings. The van der Waals surface area contributed by atoms with Gasteiger partial charge in [-0.2, -0.15) is 0 Å². The summed E-state index contributed by atoms with van der Waals surface area (Å²) in [5.74, 6) is 0.406. The smallest absolute Gasteiger partial charge is 0.328 e. The average Bonchev–Trinajstić information content (AvgIpc) is 2.81. The van der Waals surface area contributed by atoms with Crippen molar-refractivity contribution in [3.63, 3.8) is 0 Å². The van der Waals surface area contributed by atoms with Crippen LogP contribution in [0.3, 0.4) is 0 Å². The highest BCUT2D eigenvalue weighted by Crippen LogP contribution is 2.38. The van der Waals surface area contributed by atoms with Crippen LogP contribution >= 0.6 is 0 Å². The third-order valence-electron chi connectivity index (χ3n) is 4.81. The fourth-order valence-electron chi connectivity index (χ4n) is 3.97. The summed E-state index contributed by atoms with van der Waals surface area (Å²) >= 11 is 0. The molecule has 1 unspecified atom stereocenters. The molecule has 1 aliphatic heterocycles. The minimum Gasteiger partial charge on any atom is -0.425 e. The van der Waals surface area contributed by atoms with E-state index in [-0.39, 0.29) is 23.1 Å². The number of likely N-dealkylation sites (tertiary alicyclic amines) is 1. The molecule has 1 saturated heterocycles. The van der Waals surface area contributed by atoms with Crippen molar-refractivity contribution in [1.82, 2.24) is 4.90 Å². The van der Waals surface area contributed by atoms with E-state index in [4.69, 9.17) is 4.74 Å². The molecule has 5 heteroatoms. The van der Waals surface area contributed by atoms with E-state index in [1.807, 2.05) is 45.7 Å². The predicted octanol–water partition coefficient (Wildman–Crippen LogP) is 2.13. The molecule has 4 nitrogen and oxygen atoms in total. The molecule has 1 heterocycles. The highest BCUT2D eigenvalue weighted by atomic mass is 16.5. The summed E-state index contributed by atoms with van der Waals surface area (Å²) in [5.41, 5.74) is 2.83. The van der Waals surface area contributed by atoms with Crippen molar-refractivity contribution in [1.29, 1.82) is 0 Å². The molecule has 1 aromatic rings. The summed E-state index contributed by atoms with van der Waals surface area (Å²) < 4.78 is 5.84. The highest BCUT2D eigenvalue weighted by molar-refractivity contribution is 6.57. The number of carbonyl (C=O) groups excluding carboxylic acids is 2. The van der Waals surface area contributed by atoms with Crippen molar-refractivity contribution in [3.05, 3.63) is 28.8 Å². The lowest BCUT2D eigenvalue weighted by Gasteiger charge is -2.29. The van der Waals surface area contributed by atoms with Crippen LogP contribution in [0.5, 0.6) is 5.75 Å². The van der Waals surface area contributed by atoms with Gasteiger partial charge in [0.05, 0.1) is 5.68 Å². The lowest BCUT2D eigenvalue weighted by molar-refractivity contribution is -0.139. The summed E-state index contributed by atoms with van der Waals surface area (Å²) in [6.07, 6.45) is 2.28. The molecule has 0 amide bonds. The van der Waals surface area contributed by atoms with E-state index in [1.165, 1.54) is 0 Å². The molecule has 0 bridgehead atoms. The predicted molar refractivity (Wildman–Crippen MR) is 98.4 cm³/mol. The molecule has 1 aromatic carbocycles. The Morgan fingerprint density at radius 1 is 1.33 bits per heavy atom. The van der Waals surface area contributed by atoms with Gasteiger partial charge in [-0.05, 0) is 62.9 Å². The van der Waals surface area contributed by atoms with Crippen LogP contribution in [0.4, 0.5) is 0 Å². The van der Waals surface area contributed by atoms with Gasteiger partial charge in [0, 0.05) is 12.0 Å². The number of rotatable bonds is 5. The van der Waals surface area contributed by atoms with Crippen molar-refractivity contribution in [3.8, 4) is 5.75 Å². The van der Waals surface area contributed by atoms with E-state index in [2.05, 4.69) is 6.07 Å². The van der Waals surface area contributed by atoms with Gasteiger partial charge >= 0.3 is 5.97 Å². The monoisotopic (exact) mass is 329 g/mol. The van der Waals surface area contributed by atoms with Gasteiger partial charge in [-0.3, -0.25) is 4.90 Å². The van der Waals surface area contributed by atoms with Crippen LogP contribution in [0, 0.1) is 13.8 Å². The SMILES string of the molecule is BC(=O)CC(C)(C)c1c(C)cc(C)cc1OC(=O)C1CCCN1C. The Kier molecular flexibility index (Phi) is 5.54. The zero-order valence-corrected chi connectivity index (χ0v) is 15.7. The van der Waals surface area contributed by atoms with Crippen molar-refractivity contribution >= 4 is 19.5 Å². The Bertz CT molecular complexity index is 654. The minimum absolute atomic E-state index is 0.132. The Balaban J connectivity index is 2.38. The third-order valence-corrected chi connectivity index (χ3v) is 4.81. The zero-order chi connectivity index (χ0) is 18.1. The van der Waals surface area contributed by atoms with Crippen molar-refractivity contribution in [2.75, 3.05) is 13.6 Å². The Morgan fingerprint density at radius 3 is 2.54 bits per heavy atom. The maximum absolute atomic E-state index is 12.6. The van der Waals surface area contributed by atoms with Crippen LogP contribution in [0.2, 0.25) is 0 Å². The molecule has 0 aliphatic carbocycles. The fourth-order valence-corrected chi connectivity index (χ4v) is 3.97. The van der Waals surface area contributed by atoms with Gasteiger partial charge < -0.3 is 9.53 Å². The quantitative estimate of drug-likeness (QED) is 0.472. The molecule has 0 radical (unpaired) electrons. The first-order valence-electron chi connectivity index (χ1n) is 8.65. The number of likely N-dealkylation sites (N-methyl/N-ethyl adjacent to an activating group) is 1. The molecule has 0 aromatic heterocycles. The van der Waals surface area contributed by atoms with Gasteiger partial charge in [0.25, 0.3) is 0 Å². The van der Waals surface area contributed by atoms with Gasteiger partial charge in [0.1, 0.15) is 11.8 Å². The molecule has 0 saturated carbocycles. The Labute approximate surface area is 146 Å². The second-order valence-corrected chi connectivity index (χ2v) is 7.78. The Hall–Kier alpha value is -1.62. The van der Waals surface area contributed by atoms with Gasteiger partial charge in [0.15, 0.2) is 7.85 Å². The average molecular weight is 329 g/mol. The van der Waals surface area contributed by atoms with Crippen molar-refractivity contribution < 1.29 is 14.3 Å². The summed E-state index contributed by atoms with van der Waals surface area (Å²) in [4.78, 5) is 26.3. The lowest BCUT2D eigenvalue weighted by Crippen LogP contribution is -2.36. The van der Waals surface area contributed by atoms with Crippen LogP contribution in [0.25, 0.3) is 0 Å². The first kappa shape index (κ1) is 18.7. The summed E-state index contributed by atoms with van der Waals surface area (Å²) in [6, 6.07) is 3.82. The number of nitrogens with zero attached hydrogens (tertiary/aromatic N) is 1. The third kappa shape index (κ3) is 4.07. The Morgan fingerprint density at radius 2 is 2.00 bits per heavy atom. The number of carbonyl (C=O) groups is 2. The topological polar surface area (TPSA) is 46.6 Å². The molecule has 2 rings (SSSR count). The molecular formula is C19H28BNO3. The van der Waals surface area contributed by atoms with Crippen LogP contribution in [-0.2, 0) is 15.0 Å². The van der Waals surface area contributed by atoms with Crippen LogP contribution in [0.15, 0.2) is 12.1 Å². The normalized spacial score (nSPS) is 18.6. The molecule has 0 N–H and O–H groups in total. The summed E-state index contributed by atoms with van der Waals surface area (Å²) in [7, 11) is 3.56. The second kappa shape index (κ2) is 7.10. The van der Waals surface area contributed by atoms with Crippen molar-refractivity contribution in [2.45, 2.75) is 58.4 Å². The minimum atomic E-state index is -0.374. The van der Waals surface area contributed by atoms with E-state index in [0.29, 0.717) is 12.2 Å². The number of ether oxygens (including phenoxy) is 1. The van der Waals surface area contributed by atoms with Crippen LogP contribution < -0.4 is 4.74 Å². The maximum atomic E-state index is 12.6. The van der Waals surface area contributed by atoms with E-state index in [9.17, 15) is 9.59 Å². The number of esters is 1. The fraction of sp³-hybridized carbons (Fsp3) is 0.579. The first-order chi connectivity index (χ1) is 11.1. The molecule has 1 fully saturated rings. The summed E-state index contributed by atoms with van der Waals surface area (Å²) in [5, 5.41) is 0. The standard InChI is InChI=1S/C19H28BNO3/c1-12-9-13(2)17(19(3,4)11-16(20)22)15(10-12)24-18(23)14-7-6-8-21(14)5/h9-10,14H,6-8,11,20H2,1-5H3. The van der Waals surface area contributed by atoms with E-state index < -0.39 is 0 Å². The molecule has 1 atom stereocenters. The maximum Gasteiger partial charge on any atom is 0.328 e. The highest BCUT2D eigenvalue weighted by Gasteiger charge is 2.33. The first-order valence-corrected chi connectivity index (χ1v) is 8.65. The molecule has 0 spiro atoms. The molecule has 24 heavy (non-hydrogen) atoms. The largest absolute Gasteiger partial charge is 0.425 e. The number of aryl methyl sites for hydroxylation is 2. The lowest BCUT2D eigenvalue weighted by atomic mass is 9.74. The van der Waals surface area contributed by atoms with E-state index in [0.717, 1.165) is 36.1 Å². The van der Waals surface area contributed by atoms with Crippen LogP contribution in [0.1, 0.15) is 49.8 Å². The number of benzene rings is 1. The van der Waals surface area contributed by atoms with Gasteiger partial charge in [0.2, 0.25) is 0 Å². The van der Waals surface area contributed by atoms with Gasteiger partial charge in [-0.1, -0.05) is 19.9 Å². The second-order valence-electron chi connectivity index (χ2n) is 7.78. The zero-order valence-electron chi connectivity index (χ0n) is 15.7. The van der Waals surface area contributed by atoms with E-state index >= 15 is 0 Å². The van der Waals surface area contributed by atoms with Crippen molar-refractivity contribution in [2.24, 2.45) is 0 Å². The number of hydrogen-bond acceptors (Lipinski definition) is 4. The van der Waals surface area contributed by atoms with Gasteiger partial charge in [-0.15, -0.1) is 0 Å². The van der Waals surface area contributed by atoms with Gasteiger partial charge in [-0.25, -0.2) is 4.79 Å². The summed E-state index contributed by atoms with van der Waals surface area (Å²) in [6.45, 7) is 9.00. The van der Waals surface area contributed by atoms with E-state index in [1.54, 1.807) is 7.85 Å².